The van der Waals surface area contributed by atoms with Crippen molar-refractivity contribution in [3.05, 3.63) is 48.5 Å². The Hall–Kier alpha value is -3.14. The van der Waals surface area contributed by atoms with E-state index in [4.69, 9.17) is 10.2 Å². The van der Waals surface area contributed by atoms with E-state index < -0.39 is 11.2 Å². The van der Waals surface area contributed by atoms with Crippen molar-refractivity contribution >= 4 is 23.6 Å². The van der Waals surface area contributed by atoms with Crippen LogP contribution in [0.25, 0.3) is 11.6 Å². The molecule has 3 aromatic rings. The molecule has 2 amide bonds. The monoisotopic (exact) mass is 428 g/mol. The maximum atomic E-state index is 12.9. The summed E-state index contributed by atoms with van der Waals surface area (Å²) in [5.74, 6) is 0.516. The van der Waals surface area contributed by atoms with Gasteiger partial charge >= 0.3 is 0 Å². The third kappa shape index (κ3) is 5.47. The van der Waals surface area contributed by atoms with Gasteiger partial charge in [0.15, 0.2) is 16.7 Å². The minimum atomic E-state index is -0.431. The molecule has 3 rings (SSSR count). The van der Waals surface area contributed by atoms with E-state index >= 15 is 0 Å². The quantitative estimate of drug-likeness (QED) is 0.474. The van der Waals surface area contributed by atoms with Crippen LogP contribution in [0.1, 0.15) is 25.8 Å². The van der Waals surface area contributed by atoms with E-state index in [9.17, 15) is 9.59 Å². The van der Waals surface area contributed by atoms with Crippen molar-refractivity contribution in [2.75, 3.05) is 0 Å². The van der Waals surface area contributed by atoms with E-state index in [-0.39, 0.29) is 18.2 Å². The SMILES string of the molecule is CC(C)C(Sc1nnc(-c2ccco2)n1CCC(N)=O)C(=O)NCc1cccnc1. The fourth-order valence-corrected chi connectivity index (χ4v) is 3.87. The van der Waals surface area contributed by atoms with Crippen molar-refractivity contribution in [1.82, 2.24) is 25.1 Å². The van der Waals surface area contributed by atoms with Crippen LogP contribution in [0.3, 0.4) is 0 Å². The van der Waals surface area contributed by atoms with Crippen molar-refractivity contribution in [2.45, 2.75) is 43.8 Å². The van der Waals surface area contributed by atoms with Crippen LogP contribution in [-0.4, -0.2) is 36.8 Å². The summed E-state index contributed by atoms with van der Waals surface area (Å²) >= 11 is 1.30. The van der Waals surface area contributed by atoms with E-state index in [2.05, 4.69) is 20.5 Å². The summed E-state index contributed by atoms with van der Waals surface area (Å²) in [5.41, 5.74) is 6.25. The highest BCUT2D eigenvalue weighted by atomic mass is 32.2. The maximum absolute atomic E-state index is 12.9. The van der Waals surface area contributed by atoms with Gasteiger partial charge in [-0.25, -0.2) is 0 Å². The topological polar surface area (TPSA) is 129 Å². The average molecular weight is 429 g/mol. The Balaban J connectivity index is 1.78. The minimum Gasteiger partial charge on any atom is -0.461 e. The number of aromatic nitrogens is 4. The molecule has 0 aliphatic heterocycles. The molecule has 0 radical (unpaired) electrons. The summed E-state index contributed by atoms with van der Waals surface area (Å²) < 4.78 is 7.20. The molecule has 0 spiro atoms. The number of nitrogens with zero attached hydrogens (tertiary/aromatic N) is 4. The van der Waals surface area contributed by atoms with E-state index in [1.807, 2.05) is 26.0 Å². The number of nitrogens with one attached hydrogen (secondary N) is 1. The highest BCUT2D eigenvalue weighted by Gasteiger charge is 2.27. The van der Waals surface area contributed by atoms with Crippen molar-refractivity contribution < 1.29 is 14.0 Å². The van der Waals surface area contributed by atoms with Gasteiger partial charge in [0.05, 0.1) is 11.5 Å². The first-order valence-corrected chi connectivity index (χ1v) is 10.4. The molecule has 3 N–H and O–H groups in total. The van der Waals surface area contributed by atoms with Crippen LogP contribution in [0.2, 0.25) is 0 Å². The molecule has 0 bridgehead atoms. The summed E-state index contributed by atoms with van der Waals surface area (Å²) in [7, 11) is 0. The van der Waals surface area contributed by atoms with Crippen LogP contribution in [0, 0.1) is 5.92 Å². The molecule has 0 aliphatic carbocycles. The van der Waals surface area contributed by atoms with E-state index in [1.165, 1.54) is 18.0 Å². The number of furan rings is 1. The molecule has 10 heteroatoms. The van der Waals surface area contributed by atoms with E-state index in [0.717, 1.165) is 5.56 Å². The van der Waals surface area contributed by atoms with Crippen molar-refractivity contribution in [3.8, 4) is 11.6 Å². The lowest BCUT2D eigenvalue weighted by molar-refractivity contribution is -0.121. The standard InChI is InChI=1S/C20H24N6O3S/c1-13(2)17(19(28)23-12-14-5-3-8-22-11-14)30-20-25-24-18(15-6-4-10-29-15)26(20)9-7-16(21)27/h3-6,8,10-11,13,17H,7,9,12H2,1-2H3,(H2,21,27)(H,23,28). The number of hydrogen-bond donors (Lipinski definition) is 2. The predicted octanol–water partition coefficient (Wildman–Crippen LogP) is 2.24. The van der Waals surface area contributed by atoms with Gasteiger partial charge in [-0.15, -0.1) is 10.2 Å². The Morgan fingerprint density at radius 1 is 1.27 bits per heavy atom. The van der Waals surface area contributed by atoms with Gasteiger partial charge in [0.25, 0.3) is 0 Å². The molecule has 0 saturated carbocycles. The molecule has 3 heterocycles. The van der Waals surface area contributed by atoms with Crippen LogP contribution in [-0.2, 0) is 22.7 Å². The predicted molar refractivity (Wildman–Crippen MR) is 112 cm³/mol. The van der Waals surface area contributed by atoms with Gasteiger partial charge in [0, 0.05) is 31.9 Å². The zero-order chi connectivity index (χ0) is 21.5. The van der Waals surface area contributed by atoms with Gasteiger partial charge < -0.3 is 15.5 Å². The first-order valence-electron chi connectivity index (χ1n) is 9.54. The van der Waals surface area contributed by atoms with Gasteiger partial charge in [-0.1, -0.05) is 31.7 Å². The molecular formula is C20H24N6O3S. The molecule has 0 fully saturated rings. The maximum Gasteiger partial charge on any atom is 0.234 e. The Morgan fingerprint density at radius 2 is 2.10 bits per heavy atom. The zero-order valence-electron chi connectivity index (χ0n) is 16.8. The Labute approximate surface area is 178 Å². The summed E-state index contributed by atoms with van der Waals surface area (Å²) in [4.78, 5) is 28.3. The number of thioether (sulfide) groups is 1. The minimum absolute atomic E-state index is 0.0391. The number of pyridine rings is 1. The first-order chi connectivity index (χ1) is 14.5. The largest absolute Gasteiger partial charge is 0.461 e. The molecule has 1 atom stereocenters. The third-order valence-electron chi connectivity index (χ3n) is 4.33. The van der Waals surface area contributed by atoms with Gasteiger partial charge in [-0.05, 0) is 29.7 Å². The van der Waals surface area contributed by atoms with Gasteiger partial charge in [-0.3, -0.25) is 19.1 Å². The Morgan fingerprint density at radius 3 is 2.73 bits per heavy atom. The lowest BCUT2D eigenvalue weighted by Gasteiger charge is -2.20. The average Bonchev–Trinajstić information content (AvgIpc) is 3.38. The van der Waals surface area contributed by atoms with E-state index in [0.29, 0.717) is 29.8 Å². The van der Waals surface area contributed by atoms with Crippen molar-refractivity contribution in [1.29, 1.82) is 0 Å². The second-order valence-corrected chi connectivity index (χ2v) is 8.12. The van der Waals surface area contributed by atoms with E-state index in [1.54, 1.807) is 29.1 Å². The Bertz CT molecular complexity index is 972. The van der Waals surface area contributed by atoms with Crippen LogP contribution in [0.4, 0.5) is 0 Å². The van der Waals surface area contributed by atoms with Crippen molar-refractivity contribution in [3.63, 3.8) is 0 Å². The van der Waals surface area contributed by atoms with Crippen LogP contribution in [0.15, 0.2) is 52.5 Å². The molecule has 9 nitrogen and oxygen atoms in total. The Kier molecular flexibility index (Phi) is 7.23. The number of nitrogens with two attached hydrogens (primary N) is 1. The summed E-state index contributed by atoms with van der Waals surface area (Å²) in [6.45, 7) is 4.63. The van der Waals surface area contributed by atoms with Gasteiger partial charge in [-0.2, -0.15) is 0 Å². The van der Waals surface area contributed by atoms with Crippen LogP contribution in [0.5, 0.6) is 0 Å². The number of rotatable bonds is 10. The normalized spacial score (nSPS) is 12.1. The fraction of sp³-hybridized carbons (Fsp3) is 0.350. The third-order valence-corrected chi connectivity index (χ3v) is 5.85. The first kappa shape index (κ1) is 21.6. The lowest BCUT2D eigenvalue weighted by atomic mass is 10.1. The summed E-state index contributed by atoms with van der Waals surface area (Å²) in [5, 5.41) is 11.5. The highest BCUT2D eigenvalue weighted by molar-refractivity contribution is 8.00. The molecule has 158 valence electrons. The number of carbonyl (C=O) groups is 2. The number of amides is 2. The van der Waals surface area contributed by atoms with Crippen molar-refractivity contribution in [2.24, 2.45) is 11.7 Å². The molecular weight excluding hydrogens is 404 g/mol. The second kappa shape index (κ2) is 10.1. The number of hydrogen-bond acceptors (Lipinski definition) is 7. The molecule has 0 aliphatic rings. The second-order valence-electron chi connectivity index (χ2n) is 7.01. The molecule has 0 aromatic carbocycles. The summed E-state index contributed by atoms with van der Waals surface area (Å²) in [6, 6.07) is 7.24. The highest BCUT2D eigenvalue weighted by Crippen LogP contribution is 2.30. The molecule has 30 heavy (non-hydrogen) atoms. The number of carbonyl (C=O) groups excluding carboxylic acids is 2. The number of primary amides is 1. The smallest absolute Gasteiger partial charge is 0.234 e. The molecule has 0 saturated heterocycles. The summed E-state index contributed by atoms with van der Waals surface area (Å²) in [6.07, 6.45) is 5.07. The van der Waals surface area contributed by atoms with Crippen LogP contribution >= 0.6 is 11.8 Å². The molecule has 1 unspecified atom stereocenters. The van der Waals surface area contributed by atoms with Gasteiger partial charge in [0.1, 0.15) is 0 Å². The van der Waals surface area contributed by atoms with Gasteiger partial charge in [0.2, 0.25) is 11.8 Å². The lowest BCUT2D eigenvalue weighted by Crippen LogP contribution is -2.35. The fourth-order valence-electron chi connectivity index (χ4n) is 2.79. The zero-order valence-corrected chi connectivity index (χ0v) is 17.6. The molecule has 3 aromatic heterocycles. The van der Waals surface area contributed by atoms with Crippen LogP contribution < -0.4 is 11.1 Å².